The van der Waals surface area contributed by atoms with E-state index in [-0.39, 0.29) is 18.0 Å². The van der Waals surface area contributed by atoms with E-state index in [0.717, 1.165) is 0 Å². The van der Waals surface area contributed by atoms with Gasteiger partial charge in [0.1, 0.15) is 11.4 Å². The molecular formula is C23H28N4O7. The van der Waals surface area contributed by atoms with Gasteiger partial charge in [-0.1, -0.05) is 5.21 Å². The summed E-state index contributed by atoms with van der Waals surface area (Å²) in [6, 6.07) is 2.89. The topological polar surface area (TPSA) is 134 Å². The van der Waals surface area contributed by atoms with E-state index in [1.807, 2.05) is 0 Å². The van der Waals surface area contributed by atoms with Crippen molar-refractivity contribution in [2.45, 2.75) is 31.3 Å². The van der Waals surface area contributed by atoms with Crippen molar-refractivity contribution in [2.24, 2.45) is 17.3 Å². The number of carbonyl (C=O) groups excluding carboxylic acids is 1. The second-order valence-electron chi connectivity index (χ2n) is 9.24. The summed E-state index contributed by atoms with van der Waals surface area (Å²) >= 11 is 0. The molecule has 1 aliphatic heterocycles. The van der Waals surface area contributed by atoms with Gasteiger partial charge in [0.25, 0.3) is 0 Å². The summed E-state index contributed by atoms with van der Waals surface area (Å²) in [4.78, 5) is 24.9. The molecule has 4 aliphatic rings. The quantitative estimate of drug-likeness (QED) is 0.586. The van der Waals surface area contributed by atoms with Crippen LogP contribution in [0.3, 0.4) is 0 Å². The largest absolute Gasteiger partial charge is 0.496 e. The van der Waals surface area contributed by atoms with E-state index >= 15 is 0 Å². The van der Waals surface area contributed by atoms with Crippen molar-refractivity contribution in [2.75, 3.05) is 34.5 Å². The summed E-state index contributed by atoms with van der Waals surface area (Å²) in [6.07, 6.45) is 3.58. The molecule has 0 radical (unpaired) electrons. The Hall–Kier alpha value is -3.34. The predicted octanol–water partition coefficient (Wildman–Crippen LogP) is 1.53. The lowest BCUT2D eigenvalue weighted by Gasteiger charge is -2.36. The van der Waals surface area contributed by atoms with E-state index in [1.165, 1.54) is 0 Å². The lowest BCUT2D eigenvalue weighted by molar-refractivity contribution is -0.159. The summed E-state index contributed by atoms with van der Waals surface area (Å²) in [6.45, 7) is 0.676. The van der Waals surface area contributed by atoms with Gasteiger partial charge >= 0.3 is 5.97 Å². The first-order chi connectivity index (χ1) is 16.4. The van der Waals surface area contributed by atoms with Gasteiger partial charge in [0.15, 0.2) is 11.5 Å². The summed E-state index contributed by atoms with van der Waals surface area (Å²) in [5.41, 5.74) is 0.338. The average Bonchev–Trinajstić information content (AvgIpc) is 3.59. The molecule has 182 valence electrons. The third-order valence-corrected chi connectivity index (χ3v) is 7.49. The number of amides is 1. The number of nitrogens with zero attached hydrogens (tertiary/aromatic N) is 3. The number of rotatable bonds is 8. The maximum Gasteiger partial charge on any atom is 0.310 e. The van der Waals surface area contributed by atoms with Crippen LogP contribution in [0.1, 0.15) is 25.3 Å². The highest BCUT2D eigenvalue weighted by Crippen LogP contribution is 2.62. The van der Waals surface area contributed by atoms with E-state index < -0.39 is 17.3 Å². The number of benzene rings is 1. The molecule has 3 atom stereocenters. The Morgan fingerprint density at radius 3 is 2.50 bits per heavy atom. The number of carbonyl (C=O) groups is 2. The lowest BCUT2D eigenvalue weighted by atomic mass is 9.66. The molecule has 1 aromatic carbocycles. The molecule has 2 bridgehead atoms. The van der Waals surface area contributed by atoms with Crippen LogP contribution in [-0.2, 0) is 14.3 Å². The van der Waals surface area contributed by atoms with Crippen molar-refractivity contribution in [1.29, 1.82) is 0 Å². The van der Waals surface area contributed by atoms with Gasteiger partial charge in [-0.2, -0.15) is 0 Å². The van der Waals surface area contributed by atoms with Gasteiger partial charge in [-0.05, 0) is 31.2 Å². The van der Waals surface area contributed by atoms with E-state index in [1.54, 1.807) is 44.3 Å². The SMILES string of the molecule is COc1cc(OC)c(-c2cn([C@@H]3COC[C@@H]3NC(=O)C3CC4CC3(C(=O)O)C4)nn2)cc1OC. The number of carboxylic acids is 1. The fourth-order valence-corrected chi connectivity index (χ4v) is 5.68. The van der Waals surface area contributed by atoms with Crippen LogP contribution in [0.25, 0.3) is 11.3 Å². The maximum atomic E-state index is 13.0. The normalized spacial score (nSPS) is 29.4. The van der Waals surface area contributed by atoms with Crippen LogP contribution in [0.5, 0.6) is 17.2 Å². The van der Waals surface area contributed by atoms with Crippen molar-refractivity contribution < 1.29 is 33.6 Å². The number of hydrogen-bond donors (Lipinski definition) is 2. The summed E-state index contributed by atoms with van der Waals surface area (Å²) in [5.74, 6) is 0.359. The molecule has 3 saturated carbocycles. The molecule has 0 spiro atoms. The molecule has 11 nitrogen and oxygen atoms in total. The number of aromatic nitrogens is 3. The van der Waals surface area contributed by atoms with Crippen molar-refractivity contribution in [3.05, 3.63) is 18.3 Å². The van der Waals surface area contributed by atoms with Crippen molar-refractivity contribution in [3.63, 3.8) is 0 Å². The van der Waals surface area contributed by atoms with Gasteiger partial charge in [0.05, 0.1) is 64.2 Å². The van der Waals surface area contributed by atoms with Crippen LogP contribution >= 0.6 is 0 Å². The van der Waals surface area contributed by atoms with Crippen LogP contribution < -0.4 is 19.5 Å². The Kier molecular flexibility index (Phi) is 5.59. The van der Waals surface area contributed by atoms with Crippen molar-refractivity contribution >= 4 is 11.9 Å². The second kappa shape index (κ2) is 8.46. The third kappa shape index (κ3) is 3.46. The van der Waals surface area contributed by atoms with Gasteiger partial charge in [0.2, 0.25) is 5.91 Å². The van der Waals surface area contributed by atoms with E-state index in [4.69, 9.17) is 18.9 Å². The highest BCUT2D eigenvalue weighted by atomic mass is 16.5. The number of fused-ring (bicyclic) bond motifs is 1. The number of hydrogen-bond acceptors (Lipinski definition) is 8. The number of nitrogens with one attached hydrogen (secondary N) is 1. The Bertz CT molecular complexity index is 1110. The van der Waals surface area contributed by atoms with Gasteiger partial charge < -0.3 is 29.4 Å². The molecule has 6 rings (SSSR count). The second-order valence-corrected chi connectivity index (χ2v) is 9.24. The van der Waals surface area contributed by atoms with Crippen molar-refractivity contribution in [1.82, 2.24) is 20.3 Å². The summed E-state index contributed by atoms with van der Waals surface area (Å²) in [7, 11) is 4.66. The fraction of sp³-hybridized carbons (Fsp3) is 0.565. The number of methoxy groups -OCH3 is 3. The molecule has 1 unspecified atom stereocenters. The Labute approximate surface area is 196 Å². The minimum Gasteiger partial charge on any atom is -0.496 e. The summed E-state index contributed by atoms with van der Waals surface area (Å²) < 4.78 is 23.6. The average molecular weight is 472 g/mol. The number of aliphatic carboxylic acids is 1. The number of carboxylic acid groups (broad SMARTS) is 1. The highest BCUT2D eigenvalue weighted by molar-refractivity contribution is 5.89. The minimum absolute atomic E-state index is 0.218. The zero-order chi connectivity index (χ0) is 24.0. The smallest absolute Gasteiger partial charge is 0.310 e. The van der Waals surface area contributed by atoms with Crippen LogP contribution in [0.15, 0.2) is 18.3 Å². The fourth-order valence-electron chi connectivity index (χ4n) is 5.68. The third-order valence-electron chi connectivity index (χ3n) is 7.49. The molecule has 1 aromatic heterocycles. The highest BCUT2D eigenvalue weighted by Gasteiger charge is 2.64. The van der Waals surface area contributed by atoms with Gasteiger partial charge in [-0.25, -0.2) is 4.68 Å². The molecule has 34 heavy (non-hydrogen) atoms. The summed E-state index contributed by atoms with van der Waals surface area (Å²) in [5, 5.41) is 21.3. The lowest BCUT2D eigenvalue weighted by Crippen LogP contribution is -2.49. The van der Waals surface area contributed by atoms with Gasteiger partial charge in [0, 0.05) is 11.6 Å². The Morgan fingerprint density at radius 2 is 1.82 bits per heavy atom. The van der Waals surface area contributed by atoms with Gasteiger partial charge in [-0.15, -0.1) is 5.10 Å². The molecule has 2 N–H and O–H groups in total. The van der Waals surface area contributed by atoms with Crippen molar-refractivity contribution in [3.8, 4) is 28.5 Å². The zero-order valence-electron chi connectivity index (χ0n) is 19.3. The van der Waals surface area contributed by atoms with E-state index in [9.17, 15) is 14.7 Å². The first kappa shape index (κ1) is 22.5. The molecule has 2 heterocycles. The molecule has 1 amide bonds. The van der Waals surface area contributed by atoms with Crippen LogP contribution in [-0.4, -0.2) is 72.6 Å². The molecule has 2 aromatic rings. The molecule has 4 fully saturated rings. The predicted molar refractivity (Wildman–Crippen MR) is 118 cm³/mol. The monoisotopic (exact) mass is 472 g/mol. The maximum absolute atomic E-state index is 13.0. The van der Waals surface area contributed by atoms with Crippen LogP contribution in [0, 0.1) is 17.3 Å². The molecular weight excluding hydrogens is 444 g/mol. The first-order valence-corrected chi connectivity index (χ1v) is 11.2. The number of ether oxygens (including phenoxy) is 4. The van der Waals surface area contributed by atoms with E-state index in [2.05, 4.69) is 15.6 Å². The standard InChI is InChI=1S/C23H28N4O7/c1-31-18-6-20(33-3)19(32-2)5-13(18)15-9-27(26-25-15)17-11-34-10-16(17)24-21(28)14-4-12-7-23(14,8-12)22(29)30/h5-6,9,12,14,16-17H,4,7-8,10-11H2,1-3H3,(H,24,28)(H,29,30)/t12?,14?,16-,17+,23?/m0/s1. The molecule has 1 saturated heterocycles. The van der Waals surface area contributed by atoms with Gasteiger partial charge in [-0.3, -0.25) is 9.59 Å². The van der Waals surface area contributed by atoms with Crippen LogP contribution in [0.4, 0.5) is 0 Å². The first-order valence-electron chi connectivity index (χ1n) is 11.2. The zero-order valence-corrected chi connectivity index (χ0v) is 19.3. The Balaban J connectivity index is 1.35. The van der Waals surface area contributed by atoms with E-state index in [0.29, 0.717) is 66.9 Å². The molecule has 3 aliphatic carbocycles. The Morgan fingerprint density at radius 1 is 1.12 bits per heavy atom. The minimum atomic E-state index is -0.909. The molecule has 11 heteroatoms. The van der Waals surface area contributed by atoms with Crippen LogP contribution in [0.2, 0.25) is 0 Å².